The van der Waals surface area contributed by atoms with Crippen molar-refractivity contribution in [3.8, 4) is 11.5 Å². The molecule has 5 rings (SSSR count). The topological polar surface area (TPSA) is 64.6 Å². The van der Waals surface area contributed by atoms with E-state index in [4.69, 9.17) is 19.4 Å². The molecule has 2 aliphatic rings. The zero-order valence-electron chi connectivity index (χ0n) is 18.4. The molecule has 0 saturated heterocycles. The molecule has 1 amide bonds. The summed E-state index contributed by atoms with van der Waals surface area (Å²) in [5.41, 5.74) is 2.92. The lowest BCUT2D eigenvalue weighted by molar-refractivity contribution is 0.0733. The molecular weight excluding hydrogens is 410 g/mol. The van der Waals surface area contributed by atoms with Crippen LogP contribution >= 0.6 is 11.3 Å². The minimum atomic E-state index is 0.0697. The van der Waals surface area contributed by atoms with Crippen molar-refractivity contribution in [2.45, 2.75) is 58.0 Å². The van der Waals surface area contributed by atoms with Gasteiger partial charge in [0.05, 0.1) is 31.3 Å². The van der Waals surface area contributed by atoms with Gasteiger partial charge in [-0.2, -0.15) is 0 Å². The number of rotatable bonds is 7. The van der Waals surface area contributed by atoms with Crippen LogP contribution in [0.1, 0.15) is 63.9 Å². The van der Waals surface area contributed by atoms with Crippen molar-refractivity contribution in [3.63, 3.8) is 0 Å². The Morgan fingerprint density at radius 1 is 1.13 bits per heavy atom. The normalized spacial score (nSPS) is 15.9. The molecular formula is C24H27N3O3S. The van der Waals surface area contributed by atoms with Crippen molar-refractivity contribution in [2.75, 3.05) is 14.2 Å². The smallest absolute Gasteiger partial charge is 0.264 e. The first-order valence-corrected chi connectivity index (χ1v) is 11.6. The average molecular weight is 438 g/mol. The van der Waals surface area contributed by atoms with Crippen LogP contribution in [0.3, 0.4) is 0 Å². The van der Waals surface area contributed by atoms with Gasteiger partial charge >= 0.3 is 0 Å². The van der Waals surface area contributed by atoms with Crippen molar-refractivity contribution in [3.05, 3.63) is 45.7 Å². The number of hydrogen-bond acceptors (Lipinski definition) is 6. The summed E-state index contributed by atoms with van der Waals surface area (Å²) in [5.74, 6) is 3.03. The maximum Gasteiger partial charge on any atom is 0.264 e. The summed E-state index contributed by atoms with van der Waals surface area (Å²) in [4.78, 5) is 27.0. The van der Waals surface area contributed by atoms with Crippen LogP contribution in [0.4, 0.5) is 0 Å². The molecule has 7 heteroatoms. The van der Waals surface area contributed by atoms with Gasteiger partial charge in [-0.15, -0.1) is 11.3 Å². The third-order valence-corrected chi connectivity index (χ3v) is 7.38. The fraction of sp³-hybridized carbons (Fsp3) is 0.458. The maximum absolute atomic E-state index is 13.7. The van der Waals surface area contributed by atoms with Gasteiger partial charge in [0.25, 0.3) is 5.91 Å². The monoisotopic (exact) mass is 437 g/mol. The van der Waals surface area contributed by atoms with E-state index < -0.39 is 0 Å². The number of nitrogens with zero attached hydrogens (tertiary/aromatic N) is 3. The summed E-state index contributed by atoms with van der Waals surface area (Å²) in [6.07, 6.45) is 4.40. The predicted octanol–water partition coefficient (Wildman–Crippen LogP) is 5.01. The SMILES string of the molecule is COc1ccc(OC)c(CN(C(=O)c2sc3nc(C4CC4)nc(C)c3c2C)C2CC2)c1. The largest absolute Gasteiger partial charge is 0.497 e. The molecule has 2 heterocycles. The Hall–Kier alpha value is -2.67. The fourth-order valence-electron chi connectivity index (χ4n) is 4.16. The Bertz CT molecular complexity index is 1160. The second-order valence-electron chi connectivity index (χ2n) is 8.52. The first-order valence-electron chi connectivity index (χ1n) is 10.8. The summed E-state index contributed by atoms with van der Waals surface area (Å²) in [6, 6.07) is 5.99. The van der Waals surface area contributed by atoms with Gasteiger partial charge in [0.15, 0.2) is 0 Å². The standard InChI is InChI=1S/C24H27N3O3S/c1-13-20-14(2)25-22(15-5-6-15)26-23(20)31-21(13)24(28)27(17-7-8-17)12-16-11-18(29-3)9-10-19(16)30-4/h9-11,15,17H,5-8,12H2,1-4H3. The van der Waals surface area contributed by atoms with Crippen LogP contribution in [0.25, 0.3) is 10.2 Å². The maximum atomic E-state index is 13.7. The third-order valence-electron chi connectivity index (χ3n) is 6.20. The summed E-state index contributed by atoms with van der Waals surface area (Å²) in [6.45, 7) is 4.55. The average Bonchev–Trinajstić information content (AvgIpc) is 3.68. The van der Waals surface area contributed by atoms with Gasteiger partial charge in [0, 0.05) is 22.9 Å². The highest BCUT2D eigenvalue weighted by atomic mass is 32.1. The number of hydrogen-bond donors (Lipinski definition) is 0. The van der Waals surface area contributed by atoms with Crippen molar-refractivity contribution in [1.29, 1.82) is 0 Å². The zero-order chi connectivity index (χ0) is 21.7. The number of aryl methyl sites for hydroxylation is 2. The Labute approximate surface area is 186 Å². The molecule has 0 N–H and O–H groups in total. The highest BCUT2D eigenvalue weighted by Crippen LogP contribution is 2.41. The highest BCUT2D eigenvalue weighted by Gasteiger charge is 2.36. The first kappa shape index (κ1) is 20.2. The molecule has 0 radical (unpaired) electrons. The molecule has 0 atom stereocenters. The molecule has 3 aromatic rings. The number of benzene rings is 1. The van der Waals surface area contributed by atoms with Gasteiger partial charge in [-0.1, -0.05) is 0 Å². The van der Waals surface area contributed by atoms with Crippen LogP contribution in [-0.4, -0.2) is 41.0 Å². The minimum Gasteiger partial charge on any atom is -0.497 e. The lowest BCUT2D eigenvalue weighted by Crippen LogP contribution is -2.32. The summed E-state index contributed by atoms with van der Waals surface area (Å²) < 4.78 is 10.9. The molecule has 0 spiro atoms. The number of methoxy groups -OCH3 is 2. The molecule has 2 fully saturated rings. The van der Waals surface area contributed by atoms with E-state index in [-0.39, 0.29) is 11.9 Å². The van der Waals surface area contributed by atoms with E-state index in [1.165, 1.54) is 24.2 Å². The van der Waals surface area contributed by atoms with Crippen LogP contribution in [0, 0.1) is 13.8 Å². The number of aromatic nitrogens is 2. The van der Waals surface area contributed by atoms with Gasteiger partial charge in [-0.05, 0) is 63.3 Å². The molecule has 2 aliphatic carbocycles. The Balaban J connectivity index is 1.51. The van der Waals surface area contributed by atoms with Crippen molar-refractivity contribution < 1.29 is 14.3 Å². The molecule has 0 unspecified atom stereocenters. The van der Waals surface area contributed by atoms with E-state index in [1.54, 1.807) is 14.2 Å². The summed E-state index contributed by atoms with van der Waals surface area (Å²) in [7, 11) is 3.30. The van der Waals surface area contributed by atoms with E-state index in [9.17, 15) is 4.79 Å². The van der Waals surface area contributed by atoms with E-state index in [0.29, 0.717) is 12.5 Å². The predicted molar refractivity (Wildman–Crippen MR) is 121 cm³/mol. The number of fused-ring (bicyclic) bond motifs is 1. The lowest BCUT2D eigenvalue weighted by atomic mass is 10.1. The van der Waals surface area contributed by atoms with E-state index in [1.807, 2.05) is 36.9 Å². The number of ether oxygens (including phenoxy) is 2. The first-order chi connectivity index (χ1) is 15.0. The van der Waals surface area contributed by atoms with E-state index in [0.717, 1.165) is 62.1 Å². The Kier molecular flexibility index (Phi) is 5.08. The number of carbonyl (C=O) groups is 1. The summed E-state index contributed by atoms with van der Waals surface area (Å²) in [5, 5.41) is 1.03. The molecule has 2 saturated carbocycles. The van der Waals surface area contributed by atoms with Crippen molar-refractivity contribution in [1.82, 2.24) is 14.9 Å². The van der Waals surface area contributed by atoms with Crippen molar-refractivity contribution in [2.24, 2.45) is 0 Å². The highest BCUT2D eigenvalue weighted by molar-refractivity contribution is 7.20. The van der Waals surface area contributed by atoms with Gasteiger partial charge < -0.3 is 14.4 Å². The molecule has 31 heavy (non-hydrogen) atoms. The second kappa shape index (κ2) is 7.79. The third kappa shape index (κ3) is 3.76. The molecule has 1 aromatic carbocycles. The van der Waals surface area contributed by atoms with E-state index >= 15 is 0 Å². The fourth-order valence-corrected chi connectivity index (χ4v) is 5.36. The number of amides is 1. The molecule has 0 aliphatic heterocycles. The quantitative estimate of drug-likeness (QED) is 0.520. The van der Waals surface area contributed by atoms with Crippen LogP contribution in [0.5, 0.6) is 11.5 Å². The number of thiophene rings is 1. The lowest BCUT2D eigenvalue weighted by Gasteiger charge is -2.23. The minimum absolute atomic E-state index is 0.0697. The molecule has 0 bridgehead atoms. The second-order valence-corrected chi connectivity index (χ2v) is 9.52. The van der Waals surface area contributed by atoms with Gasteiger partial charge in [0.1, 0.15) is 22.2 Å². The Morgan fingerprint density at radius 3 is 2.55 bits per heavy atom. The zero-order valence-corrected chi connectivity index (χ0v) is 19.2. The molecule has 162 valence electrons. The number of carbonyl (C=O) groups excluding carboxylic acids is 1. The molecule has 6 nitrogen and oxygen atoms in total. The van der Waals surface area contributed by atoms with Crippen LogP contribution < -0.4 is 9.47 Å². The van der Waals surface area contributed by atoms with Gasteiger partial charge in [-0.3, -0.25) is 4.79 Å². The Morgan fingerprint density at radius 2 is 1.90 bits per heavy atom. The molecule has 2 aromatic heterocycles. The van der Waals surface area contributed by atoms with Gasteiger partial charge in [-0.25, -0.2) is 9.97 Å². The van der Waals surface area contributed by atoms with E-state index in [2.05, 4.69) is 0 Å². The van der Waals surface area contributed by atoms with Crippen molar-refractivity contribution >= 4 is 27.5 Å². The van der Waals surface area contributed by atoms with Crippen LogP contribution in [0.2, 0.25) is 0 Å². The van der Waals surface area contributed by atoms with Gasteiger partial charge in [0.2, 0.25) is 0 Å². The summed E-state index contributed by atoms with van der Waals surface area (Å²) >= 11 is 1.51. The van der Waals surface area contributed by atoms with Crippen LogP contribution in [0.15, 0.2) is 18.2 Å². The van der Waals surface area contributed by atoms with Crippen LogP contribution in [-0.2, 0) is 6.54 Å².